The van der Waals surface area contributed by atoms with Crippen LogP contribution in [0.15, 0.2) is 45.6 Å². The highest BCUT2D eigenvalue weighted by atomic mass is 16.4. The van der Waals surface area contributed by atoms with Crippen LogP contribution >= 0.6 is 0 Å². The molecule has 1 atom stereocenters. The van der Waals surface area contributed by atoms with Gasteiger partial charge in [-0.15, -0.1) is 0 Å². The molecule has 3 aromatic rings. The number of hydrogen-bond acceptors (Lipinski definition) is 4. The van der Waals surface area contributed by atoms with E-state index in [0.29, 0.717) is 23.7 Å². The second kappa shape index (κ2) is 6.55. The zero-order valence-electron chi connectivity index (χ0n) is 15.8. The third kappa shape index (κ3) is 2.89. The summed E-state index contributed by atoms with van der Waals surface area (Å²) in [6.45, 7) is 2.54. The lowest BCUT2D eigenvalue weighted by Gasteiger charge is -2.22. The quantitative estimate of drug-likeness (QED) is 0.714. The highest BCUT2D eigenvalue weighted by molar-refractivity contribution is 5.99. The molecule has 28 heavy (non-hydrogen) atoms. The number of oxazole rings is 1. The number of fused-ring (bicyclic) bond motifs is 2. The Kier molecular flexibility index (Phi) is 4.00. The molecular formula is C22H23N3O3. The Hall–Kier alpha value is -3.02. The first-order chi connectivity index (χ1) is 13.6. The number of nitrogens with zero attached hydrogens (tertiary/aromatic N) is 1. The van der Waals surface area contributed by atoms with Gasteiger partial charge in [0, 0.05) is 23.8 Å². The fourth-order valence-corrected chi connectivity index (χ4v) is 4.49. The summed E-state index contributed by atoms with van der Waals surface area (Å²) in [6.07, 6.45) is 5.01. The van der Waals surface area contributed by atoms with Crippen molar-refractivity contribution in [2.24, 2.45) is 0 Å². The third-order valence-electron chi connectivity index (χ3n) is 6.02. The predicted octanol–water partition coefficient (Wildman–Crippen LogP) is 4.19. The smallest absolute Gasteiger partial charge is 0.408 e. The number of aromatic amines is 1. The average molecular weight is 377 g/mol. The maximum Gasteiger partial charge on any atom is 0.417 e. The van der Waals surface area contributed by atoms with Crippen LogP contribution in [0.1, 0.15) is 60.1 Å². The topological polar surface area (TPSA) is 78.3 Å². The van der Waals surface area contributed by atoms with Crippen molar-refractivity contribution in [3.05, 3.63) is 63.6 Å². The van der Waals surface area contributed by atoms with Gasteiger partial charge in [0.25, 0.3) is 5.91 Å². The van der Waals surface area contributed by atoms with E-state index in [-0.39, 0.29) is 11.9 Å². The normalized spacial score (nSPS) is 19.5. The van der Waals surface area contributed by atoms with Gasteiger partial charge in [0.15, 0.2) is 5.58 Å². The van der Waals surface area contributed by atoms with Crippen molar-refractivity contribution < 1.29 is 9.21 Å². The molecule has 144 valence electrons. The highest BCUT2D eigenvalue weighted by Crippen LogP contribution is 2.36. The maximum absolute atomic E-state index is 13.0. The number of hydrogen-bond donors (Lipinski definition) is 2. The Bertz CT molecular complexity index is 1110. The molecule has 0 radical (unpaired) electrons. The molecule has 2 heterocycles. The summed E-state index contributed by atoms with van der Waals surface area (Å²) >= 11 is 0. The van der Waals surface area contributed by atoms with Crippen molar-refractivity contribution in [3.8, 4) is 0 Å². The van der Waals surface area contributed by atoms with Crippen molar-refractivity contribution in [1.82, 2.24) is 9.88 Å². The molecule has 5 rings (SSSR count). The van der Waals surface area contributed by atoms with Gasteiger partial charge < -0.3 is 14.6 Å². The minimum atomic E-state index is -0.465. The number of carbonyl (C=O) groups excluding carboxylic acids is 1. The van der Waals surface area contributed by atoms with E-state index in [1.807, 2.05) is 35.2 Å². The minimum absolute atomic E-state index is 0.00163. The SMILES string of the molecule is CC1c2cc(NC3CCCC3)ccc2C(=O)N1Cc1ccc2[nH]c(=O)oc2c1. The monoisotopic (exact) mass is 377 g/mol. The number of amides is 1. The molecule has 0 spiro atoms. The zero-order valence-corrected chi connectivity index (χ0v) is 15.8. The van der Waals surface area contributed by atoms with Crippen molar-refractivity contribution in [2.45, 2.75) is 51.2 Å². The standard InChI is InChI=1S/C22H23N3O3/c1-13-18-11-16(23-15-4-2-3-5-15)7-8-17(18)21(26)25(13)12-14-6-9-19-20(10-14)28-22(27)24-19/h6-11,13,15,23H,2-5,12H2,1H3,(H,24,27). The van der Waals surface area contributed by atoms with E-state index in [0.717, 1.165) is 22.4 Å². The molecule has 0 saturated heterocycles. The Morgan fingerprint density at radius 2 is 1.96 bits per heavy atom. The van der Waals surface area contributed by atoms with E-state index in [9.17, 15) is 9.59 Å². The lowest BCUT2D eigenvalue weighted by molar-refractivity contribution is 0.0723. The van der Waals surface area contributed by atoms with E-state index in [4.69, 9.17) is 4.42 Å². The molecule has 1 fully saturated rings. The van der Waals surface area contributed by atoms with Crippen molar-refractivity contribution in [3.63, 3.8) is 0 Å². The first-order valence-corrected chi connectivity index (χ1v) is 9.92. The number of nitrogens with one attached hydrogen (secondary N) is 2. The molecule has 2 aliphatic rings. The number of carbonyl (C=O) groups is 1. The van der Waals surface area contributed by atoms with E-state index < -0.39 is 5.76 Å². The van der Waals surface area contributed by atoms with E-state index in [1.54, 1.807) is 0 Å². The Labute approximate surface area is 162 Å². The zero-order chi connectivity index (χ0) is 19.3. The van der Waals surface area contributed by atoms with E-state index >= 15 is 0 Å². The van der Waals surface area contributed by atoms with Gasteiger partial charge in [-0.25, -0.2) is 4.79 Å². The summed E-state index contributed by atoms with van der Waals surface area (Å²) in [6, 6.07) is 12.2. The van der Waals surface area contributed by atoms with Crippen LogP contribution in [-0.2, 0) is 6.54 Å². The summed E-state index contributed by atoms with van der Waals surface area (Å²) in [7, 11) is 0. The summed E-state index contributed by atoms with van der Waals surface area (Å²) in [4.78, 5) is 28.8. The Balaban J connectivity index is 1.39. The van der Waals surface area contributed by atoms with Gasteiger partial charge in [-0.05, 0) is 61.2 Å². The molecule has 6 nitrogen and oxygen atoms in total. The number of H-pyrrole nitrogens is 1. The van der Waals surface area contributed by atoms with Gasteiger partial charge in [-0.3, -0.25) is 9.78 Å². The van der Waals surface area contributed by atoms with Gasteiger partial charge in [-0.2, -0.15) is 0 Å². The lowest BCUT2D eigenvalue weighted by Crippen LogP contribution is -2.26. The van der Waals surface area contributed by atoms with Gasteiger partial charge in [-0.1, -0.05) is 18.9 Å². The van der Waals surface area contributed by atoms with Gasteiger partial charge in [0.05, 0.1) is 11.6 Å². The number of aromatic nitrogens is 1. The van der Waals surface area contributed by atoms with Crippen LogP contribution in [0.5, 0.6) is 0 Å². The second-order valence-electron chi connectivity index (χ2n) is 7.88. The lowest BCUT2D eigenvalue weighted by atomic mass is 10.0. The van der Waals surface area contributed by atoms with Crippen molar-refractivity contribution >= 4 is 22.7 Å². The van der Waals surface area contributed by atoms with Crippen LogP contribution in [0.25, 0.3) is 11.1 Å². The highest BCUT2D eigenvalue weighted by Gasteiger charge is 2.34. The van der Waals surface area contributed by atoms with Crippen LogP contribution in [-0.4, -0.2) is 21.8 Å². The van der Waals surface area contributed by atoms with Crippen LogP contribution < -0.4 is 11.1 Å². The Morgan fingerprint density at radius 1 is 1.14 bits per heavy atom. The largest absolute Gasteiger partial charge is 0.417 e. The molecule has 6 heteroatoms. The molecule has 2 aromatic carbocycles. The minimum Gasteiger partial charge on any atom is -0.408 e. The maximum atomic E-state index is 13.0. The molecule has 1 aromatic heterocycles. The molecule has 1 unspecified atom stereocenters. The summed E-state index contributed by atoms with van der Waals surface area (Å²) in [5.41, 5.74) is 5.07. The molecule has 2 N–H and O–H groups in total. The van der Waals surface area contributed by atoms with Crippen molar-refractivity contribution in [1.29, 1.82) is 0 Å². The first-order valence-electron chi connectivity index (χ1n) is 9.92. The van der Waals surface area contributed by atoms with E-state index in [1.165, 1.54) is 25.7 Å². The molecule has 0 bridgehead atoms. The predicted molar refractivity (Wildman–Crippen MR) is 107 cm³/mol. The molecular weight excluding hydrogens is 354 g/mol. The molecule has 1 amide bonds. The fraction of sp³-hybridized carbons (Fsp3) is 0.364. The van der Waals surface area contributed by atoms with Gasteiger partial charge in [0.2, 0.25) is 0 Å². The summed E-state index contributed by atoms with van der Waals surface area (Å²) < 4.78 is 5.14. The van der Waals surface area contributed by atoms with Gasteiger partial charge in [0.1, 0.15) is 0 Å². The number of rotatable bonds is 4. The molecule has 1 saturated carbocycles. The van der Waals surface area contributed by atoms with Crippen molar-refractivity contribution in [2.75, 3.05) is 5.32 Å². The number of anilines is 1. The van der Waals surface area contributed by atoms with Crippen LogP contribution in [0, 0.1) is 0 Å². The average Bonchev–Trinajstić information content (AvgIpc) is 3.37. The van der Waals surface area contributed by atoms with Gasteiger partial charge >= 0.3 is 5.76 Å². The first kappa shape index (κ1) is 17.1. The summed E-state index contributed by atoms with van der Waals surface area (Å²) in [5, 5.41) is 3.62. The van der Waals surface area contributed by atoms with Crippen LogP contribution in [0.2, 0.25) is 0 Å². The molecule has 1 aliphatic carbocycles. The number of benzene rings is 2. The van der Waals surface area contributed by atoms with Crippen LogP contribution in [0.3, 0.4) is 0 Å². The Morgan fingerprint density at radius 3 is 2.79 bits per heavy atom. The molecule has 1 aliphatic heterocycles. The summed E-state index contributed by atoms with van der Waals surface area (Å²) in [5.74, 6) is -0.419. The fourth-order valence-electron chi connectivity index (χ4n) is 4.49. The van der Waals surface area contributed by atoms with E-state index in [2.05, 4.69) is 23.3 Å². The second-order valence-corrected chi connectivity index (χ2v) is 7.88. The third-order valence-corrected chi connectivity index (χ3v) is 6.02. The van der Waals surface area contributed by atoms with Crippen LogP contribution in [0.4, 0.5) is 5.69 Å².